The lowest BCUT2D eigenvalue weighted by Crippen LogP contribution is -2.37. The molecule has 0 aromatic carbocycles. The van der Waals surface area contributed by atoms with Gasteiger partial charge in [0.2, 0.25) is 0 Å². The Balaban J connectivity index is 1.99. The molecule has 1 fully saturated rings. The molecule has 2 heterocycles. The quantitative estimate of drug-likeness (QED) is 0.900. The molecule has 0 radical (unpaired) electrons. The second-order valence-electron chi connectivity index (χ2n) is 6.38. The van der Waals surface area contributed by atoms with Crippen molar-refractivity contribution in [2.24, 2.45) is 5.41 Å². The number of nitrogens with zero attached hydrogens (tertiary/aromatic N) is 2. The first-order chi connectivity index (χ1) is 9.02. The van der Waals surface area contributed by atoms with Crippen LogP contribution in [0, 0.1) is 5.41 Å². The van der Waals surface area contributed by atoms with E-state index in [-0.39, 0.29) is 0 Å². The highest BCUT2D eigenvalue weighted by Crippen LogP contribution is 2.31. The van der Waals surface area contributed by atoms with Gasteiger partial charge in [0.25, 0.3) is 0 Å². The van der Waals surface area contributed by atoms with Gasteiger partial charge in [0.05, 0.1) is 0 Å². The van der Waals surface area contributed by atoms with E-state index in [9.17, 15) is 0 Å². The maximum absolute atomic E-state index is 4.64. The van der Waals surface area contributed by atoms with Gasteiger partial charge < -0.3 is 10.2 Å². The molecule has 1 aliphatic rings. The molecular formula is C16H27N3. The van der Waals surface area contributed by atoms with Gasteiger partial charge in [-0.3, -0.25) is 0 Å². The first kappa shape index (κ1) is 14.3. The van der Waals surface area contributed by atoms with Crippen molar-refractivity contribution in [1.29, 1.82) is 0 Å². The number of hydrogen-bond acceptors (Lipinski definition) is 3. The molecule has 1 aromatic rings. The Bertz CT molecular complexity index is 387. The van der Waals surface area contributed by atoms with Crippen molar-refractivity contribution in [2.75, 3.05) is 24.5 Å². The Kier molecular flexibility index (Phi) is 4.46. The minimum Gasteiger partial charge on any atom is -0.357 e. The SMILES string of the molecule is CCNC(C)c1ccc(N2CCC(C)(C)CC2)nc1. The van der Waals surface area contributed by atoms with E-state index in [1.807, 2.05) is 6.20 Å². The molecule has 1 atom stereocenters. The second kappa shape index (κ2) is 5.91. The zero-order valence-electron chi connectivity index (χ0n) is 12.7. The van der Waals surface area contributed by atoms with Gasteiger partial charge in [0.15, 0.2) is 0 Å². The summed E-state index contributed by atoms with van der Waals surface area (Å²) in [6, 6.07) is 4.75. The zero-order chi connectivity index (χ0) is 13.9. The third-order valence-electron chi connectivity index (χ3n) is 4.22. The molecule has 0 amide bonds. The lowest BCUT2D eigenvalue weighted by molar-refractivity contribution is 0.279. The van der Waals surface area contributed by atoms with Crippen LogP contribution in [-0.4, -0.2) is 24.6 Å². The standard InChI is InChI=1S/C16H27N3/c1-5-17-13(2)14-6-7-15(18-12-14)19-10-8-16(3,4)9-11-19/h6-7,12-13,17H,5,8-11H2,1-4H3. The summed E-state index contributed by atoms with van der Waals surface area (Å²) in [5, 5.41) is 3.42. The Labute approximate surface area is 117 Å². The Morgan fingerprint density at radius 2 is 2.00 bits per heavy atom. The number of anilines is 1. The third-order valence-corrected chi connectivity index (χ3v) is 4.22. The summed E-state index contributed by atoms with van der Waals surface area (Å²) < 4.78 is 0. The van der Waals surface area contributed by atoms with Crippen LogP contribution in [0.15, 0.2) is 18.3 Å². The third kappa shape index (κ3) is 3.69. The monoisotopic (exact) mass is 261 g/mol. The zero-order valence-corrected chi connectivity index (χ0v) is 12.7. The summed E-state index contributed by atoms with van der Waals surface area (Å²) in [6.45, 7) is 12.3. The Morgan fingerprint density at radius 1 is 1.32 bits per heavy atom. The smallest absolute Gasteiger partial charge is 0.128 e. The number of aromatic nitrogens is 1. The highest BCUT2D eigenvalue weighted by molar-refractivity contribution is 5.40. The predicted molar refractivity (Wildman–Crippen MR) is 81.6 cm³/mol. The molecule has 106 valence electrons. The normalized spacial score (nSPS) is 20.3. The van der Waals surface area contributed by atoms with E-state index in [0.29, 0.717) is 11.5 Å². The molecule has 1 saturated heterocycles. The fourth-order valence-electron chi connectivity index (χ4n) is 2.61. The molecule has 3 nitrogen and oxygen atoms in total. The van der Waals surface area contributed by atoms with Crippen LogP contribution in [0.1, 0.15) is 52.1 Å². The van der Waals surface area contributed by atoms with Crippen LogP contribution in [0.3, 0.4) is 0 Å². The van der Waals surface area contributed by atoms with E-state index in [2.05, 4.69) is 55.0 Å². The lowest BCUT2D eigenvalue weighted by Gasteiger charge is -2.37. The van der Waals surface area contributed by atoms with Crippen molar-refractivity contribution in [3.63, 3.8) is 0 Å². The van der Waals surface area contributed by atoms with E-state index in [4.69, 9.17) is 0 Å². The van der Waals surface area contributed by atoms with Gasteiger partial charge in [0.1, 0.15) is 5.82 Å². The summed E-state index contributed by atoms with van der Waals surface area (Å²) in [4.78, 5) is 7.05. The highest BCUT2D eigenvalue weighted by atomic mass is 15.2. The second-order valence-corrected chi connectivity index (χ2v) is 6.38. The van der Waals surface area contributed by atoms with E-state index in [1.165, 1.54) is 18.4 Å². The lowest BCUT2D eigenvalue weighted by atomic mass is 9.83. The van der Waals surface area contributed by atoms with Crippen LogP contribution in [0.2, 0.25) is 0 Å². The van der Waals surface area contributed by atoms with Gasteiger partial charge in [-0.05, 0) is 43.4 Å². The van der Waals surface area contributed by atoms with Gasteiger partial charge in [-0.2, -0.15) is 0 Å². The molecule has 1 aliphatic heterocycles. The van der Waals surface area contributed by atoms with Crippen LogP contribution < -0.4 is 10.2 Å². The van der Waals surface area contributed by atoms with Crippen molar-refractivity contribution >= 4 is 5.82 Å². The van der Waals surface area contributed by atoms with Gasteiger partial charge in [0, 0.05) is 25.3 Å². The van der Waals surface area contributed by atoms with Crippen LogP contribution in [0.4, 0.5) is 5.82 Å². The van der Waals surface area contributed by atoms with Crippen molar-refractivity contribution in [3.05, 3.63) is 23.9 Å². The largest absolute Gasteiger partial charge is 0.357 e. The van der Waals surface area contributed by atoms with E-state index < -0.39 is 0 Å². The van der Waals surface area contributed by atoms with Gasteiger partial charge in [-0.15, -0.1) is 0 Å². The number of nitrogens with one attached hydrogen (secondary N) is 1. The molecule has 3 heteroatoms. The summed E-state index contributed by atoms with van der Waals surface area (Å²) in [5.74, 6) is 1.13. The summed E-state index contributed by atoms with van der Waals surface area (Å²) in [5.41, 5.74) is 1.76. The molecule has 1 unspecified atom stereocenters. The fraction of sp³-hybridized carbons (Fsp3) is 0.688. The number of rotatable bonds is 4. The number of pyridine rings is 1. The van der Waals surface area contributed by atoms with Gasteiger partial charge in [-0.25, -0.2) is 4.98 Å². The van der Waals surface area contributed by atoms with E-state index in [1.54, 1.807) is 0 Å². The van der Waals surface area contributed by atoms with E-state index in [0.717, 1.165) is 25.5 Å². The first-order valence-electron chi connectivity index (χ1n) is 7.46. The van der Waals surface area contributed by atoms with Crippen molar-refractivity contribution in [1.82, 2.24) is 10.3 Å². The Morgan fingerprint density at radius 3 is 2.53 bits per heavy atom. The first-order valence-corrected chi connectivity index (χ1v) is 7.46. The van der Waals surface area contributed by atoms with Crippen LogP contribution in [0.5, 0.6) is 0 Å². The topological polar surface area (TPSA) is 28.2 Å². The molecule has 1 N–H and O–H groups in total. The number of piperidine rings is 1. The molecule has 19 heavy (non-hydrogen) atoms. The average Bonchev–Trinajstić information content (AvgIpc) is 2.39. The molecule has 0 bridgehead atoms. The van der Waals surface area contributed by atoms with Crippen LogP contribution >= 0.6 is 0 Å². The number of hydrogen-bond donors (Lipinski definition) is 1. The Hall–Kier alpha value is -1.09. The maximum atomic E-state index is 4.64. The molecule has 0 saturated carbocycles. The van der Waals surface area contributed by atoms with Crippen LogP contribution in [-0.2, 0) is 0 Å². The van der Waals surface area contributed by atoms with Crippen molar-refractivity contribution in [3.8, 4) is 0 Å². The summed E-state index contributed by atoms with van der Waals surface area (Å²) >= 11 is 0. The van der Waals surface area contributed by atoms with Crippen molar-refractivity contribution < 1.29 is 0 Å². The average molecular weight is 261 g/mol. The van der Waals surface area contributed by atoms with Crippen LogP contribution in [0.25, 0.3) is 0 Å². The molecule has 0 spiro atoms. The van der Waals surface area contributed by atoms with Gasteiger partial charge >= 0.3 is 0 Å². The molecular weight excluding hydrogens is 234 g/mol. The molecule has 1 aromatic heterocycles. The highest BCUT2D eigenvalue weighted by Gasteiger charge is 2.25. The van der Waals surface area contributed by atoms with Crippen molar-refractivity contribution in [2.45, 2.75) is 46.6 Å². The van der Waals surface area contributed by atoms with E-state index >= 15 is 0 Å². The molecule has 0 aliphatic carbocycles. The summed E-state index contributed by atoms with van der Waals surface area (Å²) in [7, 11) is 0. The fourth-order valence-corrected chi connectivity index (χ4v) is 2.61. The minimum absolute atomic E-state index is 0.381. The predicted octanol–water partition coefficient (Wildman–Crippen LogP) is 3.38. The molecule has 2 rings (SSSR count). The van der Waals surface area contributed by atoms with Gasteiger partial charge in [-0.1, -0.05) is 26.8 Å². The maximum Gasteiger partial charge on any atom is 0.128 e. The summed E-state index contributed by atoms with van der Waals surface area (Å²) in [6.07, 6.45) is 4.52. The minimum atomic E-state index is 0.381.